The molecule has 0 aromatic rings. The summed E-state index contributed by atoms with van der Waals surface area (Å²) in [6.07, 6.45) is 0.0173. The van der Waals surface area contributed by atoms with Gasteiger partial charge in [0.2, 0.25) is 5.91 Å². The van der Waals surface area contributed by atoms with Gasteiger partial charge in [-0.2, -0.15) is 0 Å². The second-order valence-electron chi connectivity index (χ2n) is 6.49. The molecule has 1 heterocycles. The molecule has 0 spiro atoms. The minimum atomic E-state index is -1.78. The first-order chi connectivity index (χ1) is 8.10. The molecule has 3 nitrogen and oxygen atoms in total. The molecule has 0 aliphatic carbocycles. The predicted octanol–water partition coefficient (Wildman–Crippen LogP) is 3.22. The van der Waals surface area contributed by atoms with Crippen LogP contribution in [-0.4, -0.2) is 31.5 Å². The van der Waals surface area contributed by atoms with Crippen molar-refractivity contribution in [2.24, 2.45) is 5.92 Å². The van der Waals surface area contributed by atoms with Crippen molar-refractivity contribution in [2.45, 2.75) is 64.2 Å². The molecule has 1 N–H and O–H groups in total. The van der Waals surface area contributed by atoms with Crippen LogP contribution >= 0.6 is 11.8 Å². The van der Waals surface area contributed by atoms with Crippen molar-refractivity contribution in [3.8, 4) is 0 Å². The maximum Gasteiger partial charge on any atom is 0.229 e. The molecule has 1 aliphatic heterocycles. The van der Waals surface area contributed by atoms with Crippen LogP contribution in [-0.2, 0) is 9.22 Å². The molecule has 1 fully saturated rings. The third kappa shape index (κ3) is 3.30. The third-order valence-corrected chi connectivity index (χ3v) is 9.73. The lowest BCUT2D eigenvalue weighted by Crippen LogP contribution is -2.62. The van der Waals surface area contributed by atoms with Gasteiger partial charge in [0, 0.05) is 0 Å². The van der Waals surface area contributed by atoms with Gasteiger partial charge < -0.3 is 9.74 Å². The zero-order valence-electron chi connectivity index (χ0n) is 12.7. The summed E-state index contributed by atoms with van der Waals surface area (Å²) < 4.78 is 6.32. The van der Waals surface area contributed by atoms with E-state index in [0.29, 0.717) is 0 Å². The summed E-state index contributed by atoms with van der Waals surface area (Å²) in [6, 6.07) is 0. The number of hydrogen-bond donors (Lipinski definition) is 1. The van der Waals surface area contributed by atoms with Gasteiger partial charge in [0.05, 0.1) is 17.4 Å². The van der Waals surface area contributed by atoms with Gasteiger partial charge in [0.25, 0.3) is 0 Å². The Labute approximate surface area is 117 Å². The fourth-order valence-corrected chi connectivity index (χ4v) is 4.41. The zero-order valence-corrected chi connectivity index (χ0v) is 14.5. The van der Waals surface area contributed by atoms with E-state index in [1.54, 1.807) is 11.8 Å². The number of nitrogens with one attached hydrogen (secondary N) is 1. The van der Waals surface area contributed by atoms with Crippen LogP contribution in [0.5, 0.6) is 0 Å². The molecular weight excluding hydrogens is 262 g/mol. The Bertz CT molecular complexity index is 315. The zero-order chi connectivity index (χ0) is 14.1. The van der Waals surface area contributed by atoms with Gasteiger partial charge in [-0.25, -0.2) is 0 Å². The molecule has 0 aromatic carbocycles. The van der Waals surface area contributed by atoms with Crippen molar-refractivity contribution in [1.82, 2.24) is 5.32 Å². The second-order valence-corrected chi connectivity index (χ2v) is 12.7. The van der Waals surface area contributed by atoms with E-state index >= 15 is 0 Å². The number of carbonyl (C=O) groups is 1. The Morgan fingerprint density at radius 1 is 1.44 bits per heavy atom. The van der Waals surface area contributed by atoms with Crippen molar-refractivity contribution < 1.29 is 9.22 Å². The molecule has 5 heteroatoms. The summed E-state index contributed by atoms with van der Waals surface area (Å²) in [5, 5.41) is 3.39. The lowest BCUT2D eigenvalue weighted by atomic mass is 9.96. The van der Waals surface area contributed by atoms with E-state index in [2.05, 4.69) is 46.1 Å². The highest BCUT2D eigenvalue weighted by Gasteiger charge is 2.47. The van der Waals surface area contributed by atoms with Crippen molar-refractivity contribution in [1.29, 1.82) is 0 Å². The molecule has 1 saturated heterocycles. The molecule has 106 valence electrons. The average Bonchev–Trinajstić information content (AvgIpc) is 2.13. The van der Waals surface area contributed by atoms with Crippen LogP contribution in [0.4, 0.5) is 0 Å². The van der Waals surface area contributed by atoms with Crippen molar-refractivity contribution in [3.63, 3.8) is 0 Å². The van der Waals surface area contributed by atoms with E-state index in [1.165, 1.54) is 0 Å². The first-order valence-corrected chi connectivity index (χ1v) is 10.7. The molecule has 1 rings (SSSR count). The minimum Gasteiger partial charge on any atom is -0.413 e. The Morgan fingerprint density at radius 3 is 2.39 bits per heavy atom. The maximum atomic E-state index is 11.7. The summed E-state index contributed by atoms with van der Waals surface area (Å²) in [5.41, 5.74) is 0. The highest BCUT2D eigenvalue weighted by Crippen LogP contribution is 2.39. The molecule has 0 aromatic heterocycles. The molecule has 1 amide bonds. The molecule has 3 unspecified atom stereocenters. The van der Waals surface area contributed by atoms with Crippen molar-refractivity contribution in [3.05, 3.63) is 0 Å². The number of amides is 1. The summed E-state index contributed by atoms with van der Waals surface area (Å²) >= 11 is 1.80. The fraction of sp³-hybridized carbons (Fsp3) is 0.923. The summed E-state index contributed by atoms with van der Waals surface area (Å²) in [5.74, 6) is 1.19. The van der Waals surface area contributed by atoms with Crippen LogP contribution < -0.4 is 5.32 Å². The summed E-state index contributed by atoms with van der Waals surface area (Å²) in [7, 11) is -1.78. The van der Waals surface area contributed by atoms with Gasteiger partial charge in [-0.15, -0.1) is 11.8 Å². The van der Waals surface area contributed by atoms with Gasteiger partial charge in [0.15, 0.2) is 8.32 Å². The maximum absolute atomic E-state index is 11.7. The van der Waals surface area contributed by atoms with Crippen LogP contribution in [0.3, 0.4) is 0 Å². The van der Waals surface area contributed by atoms with Gasteiger partial charge in [-0.05, 0) is 30.8 Å². The normalized spacial score (nSPS) is 26.5. The van der Waals surface area contributed by atoms with Gasteiger partial charge in [0.1, 0.15) is 0 Å². The number of β-lactam (4-membered cyclic amide) rings is 1. The number of carbonyl (C=O) groups excluding carboxylic acids is 1. The Kier molecular flexibility index (Phi) is 4.95. The standard InChI is InChI=1S/C13H27NO2SSi/c1-8-17-12-10(11(15)14-12)9(2)16-18(6,7)13(3,4)5/h9-10,12H,8H2,1-7H3,(H,14,15). The van der Waals surface area contributed by atoms with E-state index in [4.69, 9.17) is 4.43 Å². The number of rotatable bonds is 5. The average molecular weight is 290 g/mol. The Morgan fingerprint density at radius 2 is 2.00 bits per heavy atom. The van der Waals surface area contributed by atoms with Crippen LogP contribution in [0.1, 0.15) is 34.6 Å². The van der Waals surface area contributed by atoms with E-state index in [-0.39, 0.29) is 28.3 Å². The number of thioether (sulfide) groups is 1. The summed E-state index contributed by atoms with van der Waals surface area (Å²) in [6.45, 7) is 15.3. The lowest BCUT2D eigenvalue weighted by molar-refractivity contribution is -0.136. The summed E-state index contributed by atoms with van der Waals surface area (Å²) in [4.78, 5) is 11.7. The van der Waals surface area contributed by atoms with Crippen LogP contribution in [0.15, 0.2) is 0 Å². The first kappa shape index (κ1) is 16.1. The van der Waals surface area contributed by atoms with Gasteiger partial charge in [-0.1, -0.05) is 27.7 Å². The smallest absolute Gasteiger partial charge is 0.229 e. The lowest BCUT2D eigenvalue weighted by Gasteiger charge is -2.45. The largest absolute Gasteiger partial charge is 0.413 e. The monoisotopic (exact) mass is 289 g/mol. The first-order valence-electron chi connectivity index (χ1n) is 6.70. The molecule has 0 bridgehead atoms. The van der Waals surface area contributed by atoms with Crippen molar-refractivity contribution >= 4 is 26.0 Å². The minimum absolute atomic E-state index is 0.0173. The molecular formula is C13H27NO2SSi. The molecule has 18 heavy (non-hydrogen) atoms. The van der Waals surface area contributed by atoms with Gasteiger partial charge in [-0.3, -0.25) is 4.79 Å². The Hall–Kier alpha value is -0.00312. The van der Waals surface area contributed by atoms with Gasteiger partial charge >= 0.3 is 0 Å². The quantitative estimate of drug-likeness (QED) is 0.624. The predicted molar refractivity (Wildman–Crippen MR) is 81.3 cm³/mol. The van der Waals surface area contributed by atoms with E-state index in [1.807, 2.05) is 6.92 Å². The topological polar surface area (TPSA) is 38.3 Å². The van der Waals surface area contributed by atoms with E-state index in [0.717, 1.165) is 5.75 Å². The van der Waals surface area contributed by atoms with E-state index in [9.17, 15) is 4.79 Å². The molecule has 3 atom stereocenters. The Balaban J connectivity index is 2.65. The molecule has 0 radical (unpaired) electrons. The molecule has 1 aliphatic rings. The second kappa shape index (κ2) is 5.55. The van der Waals surface area contributed by atoms with E-state index < -0.39 is 8.32 Å². The SMILES string of the molecule is CCSC1NC(=O)C1C(C)O[Si](C)(C)C(C)(C)C. The highest BCUT2D eigenvalue weighted by molar-refractivity contribution is 8.00. The van der Waals surface area contributed by atoms with Crippen LogP contribution in [0.25, 0.3) is 0 Å². The fourth-order valence-electron chi connectivity index (χ4n) is 1.87. The van der Waals surface area contributed by atoms with Crippen LogP contribution in [0, 0.1) is 5.92 Å². The third-order valence-electron chi connectivity index (χ3n) is 4.05. The highest BCUT2D eigenvalue weighted by atomic mass is 32.2. The number of hydrogen-bond acceptors (Lipinski definition) is 3. The van der Waals surface area contributed by atoms with Crippen molar-refractivity contribution in [2.75, 3.05) is 5.75 Å². The molecule has 0 saturated carbocycles. The van der Waals surface area contributed by atoms with Crippen LogP contribution in [0.2, 0.25) is 18.1 Å².